The molecule has 0 spiro atoms. The van der Waals surface area contributed by atoms with E-state index >= 15 is 0 Å². The summed E-state index contributed by atoms with van der Waals surface area (Å²) in [6.45, 7) is 2.34. The van der Waals surface area contributed by atoms with Crippen LogP contribution in [-0.2, 0) is 6.42 Å². The molecule has 2 atom stereocenters. The van der Waals surface area contributed by atoms with E-state index in [1.54, 1.807) is 0 Å². The average molecular weight is 241 g/mol. The van der Waals surface area contributed by atoms with E-state index < -0.39 is 0 Å². The highest BCUT2D eigenvalue weighted by Crippen LogP contribution is 2.33. The first-order chi connectivity index (χ1) is 8.85. The predicted molar refractivity (Wildman–Crippen MR) is 77.7 cm³/mol. The Bertz CT molecular complexity index is 478. The van der Waals surface area contributed by atoms with Gasteiger partial charge in [-0.2, -0.15) is 0 Å². The molecule has 1 fully saturated rings. The molecule has 1 aliphatic carbocycles. The molecule has 1 N–H and O–H groups in total. The Balaban J connectivity index is 1.71. The van der Waals surface area contributed by atoms with Gasteiger partial charge in [-0.1, -0.05) is 50.8 Å². The van der Waals surface area contributed by atoms with Gasteiger partial charge in [0.25, 0.3) is 0 Å². The minimum Gasteiger partial charge on any atom is -0.358 e. The van der Waals surface area contributed by atoms with Crippen molar-refractivity contribution in [1.29, 1.82) is 0 Å². The normalized spacial score (nSPS) is 24.5. The van der Waals surface area contributed by atoms with Crippen LogP contribution in [-0.4, -0.2) is 4.98 Å². The second-order valence-corrected chi connectivity index (χ2v) is 5.89. The van der Waals surface area contributed by atoms with Crippen molar-refractivity contribution >= 4 is 10.9 Å². The van der Waals surface area contributed by atoms with E-state index in [1.165, 1.54) is 55.1 Å². The topological polar surface area (TPSA) is 15.8 Å². The number of rotatable bonds is 3. The number of nitrogens with one attached hydrogen (secondary N) is 1. The van der Waals surface area contributed by atoms with Crippen LogP contribution in [0.1, 0.15) is 44.7 Å². The molecule has 0 aliphatic heterocycles. The molecule has 2 aromatic rings. The van der Waals surface area contributed by atoms with Crippen molar-refractivity contribution in [2.75, 3.05) is 0 Å². The van der Waals surface area contributed by atoms with E-state index in [2.05, 4.69) is 42.2 Å². The van der Waals surface area contributed by atoms with Gasteiger partial charge in [0.15, 0.2) is 0 Å². The zero-order valence-corrected chi connectivity index (χ0v) is 11.3. The number of hydrogen-bond donors (Lipinski definition) is 1. The van der Waals surface area contributed by atoms with Crippen molar-refractivity contribution in [1.82, 2.24) is 4.98 Å². The largest absolute Gasteiger partial charge is 0.358 e. The second kappa shape index (κ2) is 5.17. The predicted octanol–water partition coefficient (Wildman–Crippen LogP) is 4.93. The van der Waals surface area contributed by atoms with Crippen molar-refractivity contribution in [3.63, 3.8) is 0 Å². The Kier molecular flexibility index (Phi) is 3.40. The van der Waals surface area contributed by atoms with E-state index in [4.69, 9.17) is 0 Å². The Hall–Kier alpha value is -1.24. The third-order valence-corrected chi connectivity index (χ3v) is 4.56. The molecule has 3 rings (SSSR count). The van der Waals surface area contributed by atoms with Gasteiger partial charge in [-0.3, -0.25) is 0 Å². The van der Waals surface area contributed by atoms with E-state index in [0.717, 1.165) is 11.8 Å². The van der Waals surface area contributed by atoms with Crippen LogP contribution < -0.4 is 0 Å². The van der Waals surface area contributed by atoms with Gasteiger partial charge in [0.2, 0.25) is 0 Å². The highest BCUT2D eigenvalue weighted by Gasteiger charge is 2.21. The highest BCUT2D eigenvalue weighted by molar-refractivity contribution is 5.80. The number of para-hydroxylation sites is 1. The van der Waals surface area contributed by atoms with Crippen LogP contribution in [0.3, 0.4) is 0 Å². The lowest BCUT2D eigenvalue weighted by Crippen LogP contribution is -2.17. The van der Waals surface area contributed by atoms with Gasteiger partial charge in [-0.15, -0.1) is 0 Å². The van der Waals surface area contributed by atoms with E-state index in [-0.39, 0.29) is 0 Å². The lowest BCUT2D eigenvalue weighted by molar-refractivity contribution is 0.258. The molecule has 1 heteroatoms. The quantitative estimate of drug-likeness (QED) is 0.784. The van der Waals surface area contributed by atoms with Crippen molar-refractivity contribution < 1.29 is 0 Å². The molecule has 0 saturated heterocycles. The molecular formula is C17H23N. The number of H-pyrrole nitrogens is 1. The van der Waals surface area contributed by atoms with Crippen LogP contribution in [0, 0.1) is 11.8 Å². The second-order valence-electron chi connectivity index (χ2n) is 5.89. The molecule has 18 heavy (non-hydrogen) atoms. The SMILES string of the molecule is CCC1CCCC(Cc2cc3ccccc3[nH]2)C1. The molecular weight excluding hydrogens is 218 g/mol. The summed E-state index contributed by atoms with van der Waals surface area (Å²) in [4.78, 5) is 3.58. The van der Waals surface area contributed by atoms with Crippen molar-refractivity contribution in [3.05, 3.63) is 36.0 Å². The first kappa shape index (κ1) is 11.8. The number of aromatic nitrogens is 1. The van der Waals surface area contributed by atoms with Crippen molar-refractivity contribution in [2.24, 2.45) is 11.8 Å². The Morgan fingerprint density at radius 3 is 2.83 bits per heavy atom. The summed E-state index contributed by atoms with van der Waals surface area (Å²) in [5, 5.41) is 1.36. The zero-order valence-electron chi connectivity index (χ0n) is 11.3. The molecule has 1 heterocycles. The summed E-state index contributed by atoms with van der Waals surface area (Å²) in [6, 6.07) is 10.9. The number of benzene rings is 1. The summed E-state index contributed by atoms with van der Waals surface area (Å²) < 4.78 is 0. The summed E-state index contributed by atoms with van der Waals surface area (Å²) in [6.07, 6.45) is 8.36. The molecule has 0 radical (unpaired) electrons. The van der Waals surface area contributed by atoms with Gasteiger partial charge in [0.1, 0.15) is 0 Å². The molecule has 1 aliphatic rings. The van der Waals surface area contributed by atoms with Crippen LogP contribution >= 0.6 is 0 Å². The smallest absolute Gasteiger partial charge is 0.0456 e. The Morgan fingerprint density at radius 1 is 1.17 bits per heavy atom. The molecule has 1 aromatic heterocycles. The number of aromatic amines is 1. The fourth-order valence-corrected chi connectivity index (χ4v) is 3.51. The van der Waals surface area contributed by atoms with Crippen molar-refractivity contribution in [3.8, 4) is 0 Å². The van der Waals surface area contributed by atoms with Crippen molar-refractivity contribution in [2.45, 2.75) is 45.4 Å². The average Bonchev–Trinajstić information content (AvgIpc) is 2.81. The van der Waals surface area contributed by atoms with Crippen LogP contribution in [0.2, 0.25) is 0 Å². The first-order valence-corrected chi connectivity index (χ1v) is 7.41. The molecule has 0 bridgehead atoms. The Morgan fingerprint density at radius 2 is 2.00 bits per heavy atom. The first-order valence-electron chi connectivity index (χ1n) is 7.41. The maximum absolute atomic E-state index is 3.58. The molecule has 1 saturated carbocycles. The number of fused-ring (bicyclic) bond motifs is 1. The zero-order chi connectivity index (χ0) is 12.4. The van der Waals surface area contributed by atoms with Crippen LogP contribution in [0.4, 0.5) is 0 Å². The fourth-order valence-electron chi connectivity index (χ4n) is 3.51. The van der Waals surface area contributed by atoms with Crippen LogP contribution in [0.15, 0.2) is 30.3 Å². The van der Waals surface area contributed by atoms with Gasteiger partial charge in [-0.25, -0.2) is 0 Å². The van der Waals surface area contributed by atoms with Gasteiger partial charge >= 0.3 is 0 Å². The van der Waals surface area contributed by atoms with E-state index in [9.17, 15) is 0 Å². The molecule has 96 valence electrons. The van der Waals surface area contributed by atoms with Crippen LogP contribution in [0.5, 0.6) is 0 Å². The van der Waals surface area contributed by atoms with E-state index in [1.807, 2.05) is 0 Å². The number of hydrogen-bond acceptors (Lipinski definition) is 0. The van der Waals surface area contributed by atoms with Gasteiger partial charge in [0, 0.05) is 11.2 Å². The highest BCUT2D eigenvalue weighted by atomic mass is 14.7. The maximum Gasteiger partial charge on any atom is 0.0456 e. The molecule has 0 amide bonds. The van der Waals surface area contributed by atoms with Gasteiger partial charge in [-0.05, 0) is 42.2 Å². The van der Waals surface area contributed by atoms with E-state index in [0.29, 0.717) is 0 Å². The van der Waals surface area contributed by atoms with Gasteiger partial charge in [0.05, 0.1) is 0 Å². The lowest BCUT2D eigenvalue weighted by atomic mass is 9.78. The fraction of sp³-hybridized carbons (Fsp3) is 0.529. The molecule has 1 nitrogen and oxygen atoms in total. The Labute approximate surface area is 110 Å². The monoisotopic (exact) mass is 241 g/mol. The maximum atomic E-state index is 3.58. The third kappa shape index (κ3) is 2.45. The van der Waals surface area contributed by atoms with Gasteiger partial charge < -0.3 is 4.98 Å². The summed E-state index contributed by atoms with van der Waals surface area (Å²) in [5.41, 5.74) is 2.72. The minimum atomic E-state index is 0.900. The summed E-state index contributed by atoms with van der Waals surface area (Å²) in [7, 11) is 0. The minimum absolute atomic E-state index is 0.900. The summed E-state index contributed by atoms with van der Waals surface area (Å²) >= 11 is 0. The summed E-state index contributed by atoms with van der Waals surface area (Å²) in [5.74, 6) is 1.88. The third-order valence-electron chi connectivity index (χ3n) is 4.56. The van der Waals surface area contributed by atoms with Crippen LogP contribution in [0.25, 0.3) is 10.9 Å². The molecule has 2 unspecified atom stereocenters. The molecule has 1 aromatic carbocycles. The lowest BCUT2D eigenvalue weighted by Gasteiger charge is -2.28. The standard InChI is InChI=1S/C17H23N/c1-2-13-6-5-7-14(10-13)11-16-12-15-8-3-4-9-17(15)18-16/h3-4,8-9,12-14,18H,2,5-7,10-11H2,1H3.